The van der Waals surface area contributed by atoms with Gasteiger partial charge >= 0.3 is 0 Å². The van der Waals surface area contributed by atoms with Crippen LogP contribution in [0.4, 0.5) is 0 Å². The van der Waals surface area contributed by atoms with Gasteiger partial charge in [-0.1, -0.05) is 93.2 Å². The first kappa shape index (κ1) is 27.3. The Balaban J connectivity index is 2.53. The van der Waals surface area contributed by atoms with Gasteiger partial charge in [0.2, 0.25) is 0 Å². The third kappa shape index (κ3) is 14.0. The highest BCUT2D eigenvalue weighted by molar-refractivity contribution is 5.16. The second-order valence-corrected chi connectivity index (χ2v) is 8.81. The van der Waals surface area contributed by atoms with E-state index in [1.54, 1.807) is 0 Å². The number of hydrogen-bond acceptors (Lipinski definition) is 2. The number of aliphatic hydroxyl groups is 2. The van der Waals surface area contributed by atoms with E-state index in [0.29, 0.717) is 24.7 Å². The molecule has 0 heterocycles. The molecule has 0 amide bonds. The summed E-state index contributed by atoms with van der Waals surface area (Å²) in [4.78, 5) is 0. The van der Waals surface area contributed by atoms with Crippen molar-refractivity contribution in [3.63, 3.8) is 0 Å². The van der Waals surface area contributed by atoms with E-state index >= 15 is 0 Å². The highest BCUT2D eigenvalue weighted by Gasteiger charge is 2.18. The van der Waals surface area contributed by atoms with Crippen LogP contribution in [0.1, 0.15) is 97.3 Å². The van der Waals surface area contributed by atoms with Gasteiger partial charge in [-0.2, -0.15) is 0 Å². The first-order valence-electron chi connectivity index (χ1n) is 12.4. The molecule has 1 aliphatic rings. The van der Waals surface area contributed by atoms with Gasteiger partial charge in [0.15, 0.2) is 0 Å². The minimum absolute atomic E-state index is 0.311. The zero-order chi connectivity index (χ0) is 22.7. The molecule has 1 aliphatic carbocycles. The molecule has 31 heavy (non-hydrogen) atoms. The largest absolute Gasteiger partial charge is 0.380 e. The molecule has 0 aromatic rings. The summed E-state index contributed by atoms with van der Waals surface area (Å²) in [6.07, 6.45) is 28.7. The Kier molecular flexibility index (Phi) is 15.8. The molecule has 2 heteroatoms. The van der Waals surface area contributed by atoms with E-state index in [1.807, 2.05) is 0 Å². The Morgan fingerprint density at radius 2 is 1.84 bits per heavy atom. The average molecular weight is 425 g/mol. The SMILES string of the molecule is C#CC(O)C/C=C(/CCCCC)CC1C=CCC(C#CC(O)CC=CCCCCC)C1. The second kappa shape index (κ2) is 17.9. The molecule has 4 atom stereocenters. The Bertz CT molecular complexity index is 652. The van der Waals surface area contributed by atoms with Crippen LogP contribution in [-0.2, 0) is 0 Å². The van der Waals surface area contributed by atoms with Crippen molar-refractivity contribution in [2.24, 2.45) is 11.8 Å². The number of aliphatic hydroxyl groups excluding tert-OH is 2. The minimum atomic E-state index is -0.691. The van der Waals surface area contributed by atoms with Crippen molar-refractivity contribution in [2.45, 2.75) is 110 Å². The van der Waals surface area contributed by atoms with Gasteiger partial charge in [-0.3, -0.25) is 0 Å². The predicted molar refractivity (Wildman–Crippen MR) is 133 cm³/mol. The molecular formula is C29H44O2. The van der Waals surface area contributed by atoms with Crippen LogP contribution >= 0.6 is 0 Å². The summed E-state index contributed by atoms with van der Waals surface area (Å²) >= 11 is 0. The molecule has 0 bridgehead atoms. The molecule has 0 radical (unpaired) electrons. The first-order chi connectivity index (χ1) is 15.1. The molecule has 4 unspecified atom stereocenters. The monoisotopic (exact) mass is 424 g/mol. The summed E-state index contributed by atoms with van der Waals surface area (Å²) in [6.45, 7) is 4.43. The lowest BCUT2D eigenvalue weighted by Gasteiger charge is -2.23. The number of hydrogen-bond donors (Lipinski definition) is 2. The van der Waals surface area contributed by atoms with Crippen molar-refractivity contribution >= 4 is 0 Å². The van der Waals surface area contributed by atoms with Crippen LogP contribution in [0.15, 0.2) is 36.0 Å². The van der Waals surface area contributed by atoms with Crippen molar-refractivity contribution < 1.29 is 10.2 Å². The molecular weight excluding hydrogens is 380 g/mol. The van der Waals surface area contributed by atoms with Gasteiger partial charge in [0.25, 0.3) is 0 Å². The van der Waals surface area contributed by atoms with Gasteiger partial charge in [-0.05, 0) is 50.9 Å². The van der Waals surface area contributed by atoms with Crippen molar-refractivity contribution in [2.75, 3.05) is 0 Å². The number of unbranched alkanes of at least 4 members (excludes halogenated alkanes) is 5. The van der Waals surface area contributed by atoms with E-state index in [-0.39, 0.29) is 0 Å². The lowest BCUT2D eigenvalue weighted by Crippen LogP contribution is -2.12. The van der Waals surface area contributed by atoms with Gasteiger partial charge in [0.1, 0.15) is 12.2 Å². The molecule has 0 aromatic heterocycles. The zero-order valence-electron chi connectivity index (χ0n) is 19.9. The maximum atomic E-state index is 10.2. The summed E-state index contributed by atoms with van der Waals surface area (Å²) in [5, 5.41) is 19.9. The van der Waals surface area contributed by atoms with Gasteiger partial charge in [0.05, 0.1) is 0 Å². The Labute approximate surface area is 191 Å². The molecule has 0 saturated heterocycles. The fourth-order valence-corrected chi connectivity index (χ4v) is 3.95. The lowest BCUT2D eigenvalue weighted by molar-refractivity contribution is 0.235. The van der Waals surface area contributed by atoms with E-state index in [2.05, 4.69) is 62.0 Å². The standard InChI is InChI=1S/C29H44O2/c1-4-7-9-10-11-13-18-29(31)22-20-26-16-14-17-27(24-26)23-25(15-12-8-5-2)19-21-28(30)6-3/h3,11,13-14,17,19,26-31H,4-5,7-10,12,15-16,18,21,23-24H2,1-2H3/b13-11?,25-19-. The van der Waals surface area contributed by atoms with Crippen molar-refractivity contribution in [3.05, 3.63) is 36.0 Å². The quantitative estimate of drug-likeness (QED) is 0.184. The third-order valence-electron chi connectivity index (χ3n) is 5.82. The Morgan fingerprint density at radius 1 is 1.06 bits per heavy atom. The fourth-order valence-electron chi connectivity index (χ4n) is 3.95. The number of rotatable bonds is 14. The van der Waals surface area contributed by atoms with Gasteiger partial charge in [-0.15, -0.1) is 6.42 Å². The van der Waals surface area contributed by atoms with Crippen LogP contribution in [0.2, 0.25) is 0 Å². The number of terminal acetylenes is 1. The summed E-state index contributed by atoms with van der Waals surface area (Å²) in [5.74, 6) is 9.58. The van der Waals surface area contributed by atoms with Crippen LogP contribution < -0.4 is 0 Å². The maximum absolute atomic E-state index is 10.2. The van der Waals surface area contributed by atoms with Crippen molar-refractivity contribution in [1.82, 2.24) is 0 Å². The van der Waals surface area contributed by atoms with Crippen LogP contribution in [0.5, 0.6) is 0 Å². The molecule has 0 aromatic carbocycles. The van der Waals surface area contributed by atoms with E-state index in [4.69, 9.17) is 6.42 Å². The molecule has 172 valence electrons. The molecule has 2 N–H and O–H groups in total. The molecule has 0 saturated carbocycles. The van der Waals surface area contributed by atoms with Crippen molar-refractivity contribution in [3.8, 4) is 24.2 Å². The Hall–Kier alpha value is -1.74. The van der Waals surface area contributed by atoms with Crippen LogP contribution in [0.25, 0.3) is 0 Å². The molecule has 0 fully saturated rings. The summed E-state index contributed by atoms with van der Waals surface area (Å²) in [5.41, 5.74) is 1.40. The smallest absolute Gasteiger partial charge is 0.118 e. The minimum Gasteiger partial charge on any atom is -0.380 e. The molecule has 1 rings (SSSR count). The fraction of sp³-hybridized carbons (Fsp3) is 0.655. The lowest BCUT2D eigenvalue weighted by atomic mass is 9.82. The van der Waals surface area contributed by atoms with Crippen molar-refractivity contribution in [1.29, 1.82) is 0 Å². The average Bonchev–Trinajstić information content (AvgIpc) is 2.78. The molecule has 0 spiro atoms. The van der Waals surface area contributed by atoms with E-state index in [0.717, 1.165) is 32.1 Å². The second-order valence-electron chi connectivity index (χ2n) is 8.81. The first-order valence-corrected chi connectivity index (χ1v) is 12.4. The van der Waals surface area contributed by atoms with Gasteiger partial charge in [-0.25, -0.2) is 0 Å². The predicted octanol–water partition coefficient (Wildman–Crippen LogP) is 6.74. The molecule has 2 nitrogen and oxygen atoms in total. The van der Waals surface area contributed by atoms with Gasteiger partial charge < -0.3 is 10.2 Å². The highest BCUT2D eigenvalue weighted by atomic mass is 16.3. The van der Waals surface area contributed by atoms with E-state index in [1.165, 1.54) is 44.1 Å². The highest BCUT2D eigenvalue weighted by Crippen LogP contribution is 2.30. The van der Waals surface area contributed by atoms with E-state index < -0.39 is 12.2 Å². The van der Waals surface area contributed by atoms with Crippen LogP contribution in [0, 0.1) is 36.0 Å². The van der Waals surface area contributed by atoms with Crippen LogP contribution in [0.3, 0.4) is 0 Å². The van der Waals surface area contributed by atoms with Crippen LogP contribution in [-0.4, -0.2) is 22.4 Å². The Morgan fingerprint density at radius 3 is 2.58 bits per heavy atom. The maximum Gasteiger partial charge on any atom is 0.118 e. The van der Waals surface area contributed by atoms with Gasteiger partial charge in [0, 0.05) is 18.8 Å². The summed E-state index contributed by atoms with van der Waals surface area (Å²) in [7, 11) is 0. The summed E-state index contributed by atoms with van der Waals surface area (Å²) < 4.78 is 0. The topological polar surface area (TPSA) is 40.5 Å². The van der Waals surface area contributed by atoms with E-state index in [9.17, 15) is 10.2 Å². The third-order valence-corrected chi connectivity index (χ3v) is 5.82. The number of allylic oxidation sites excluding steroid dienone is 4. The zero-order valence-corrected chi connectivity index (χ0v) is 19.9. The summed E-state index contributed by atoms with van der Waals surface area (Å²) in [6, 6.07) is 0. The normalized spacial score (nSPS) is 20.8. The molecule has 0 aliphatic heterocycles.